The molecule has 0 atom stereocenters. The third-order valence-corrected chi connectivity index (χ3v) is 5.50. The van der Waals surface area contributed by atoms with Gasteiger partial charge in [0.25, 0.3) is 5.92 Å². The predicted octanol–water partition coefficient (Wildman–Crippen LogP) is 4.06. The summed E-state index contributed by atoms with van der Waals surface area (Å²) < 4.78 is 29.4. The third-order valence-electron chi connectivity index (χ3n) is 5.37. The van der Waals surface area contributed by atoms with Crippen LogP contribution in [0.2, 0.25) is 0 Å². The molecule has 162 valence electrons. The summed E-state index contributed by atoms with van der Waals surface area (Å²) in [7, 11) is 0. The molecule has 3 heterocycles. The number of nitrogens with zero attached hydrogens (tertiary/aromatic N) is 7. The van der Waals surface area contributed by atoms with Crippen LogP contribution < -0.4 is 4.90 Å². The van der Waals surface area contributed by atoms with Crippen LogP contribution in [0.1, 0.15) is 43.1 Å². The van der Waals surface area contributed by atoms with E-state index in [-0.39, 0.29) is 19.5 Å². The fourth-order valence-electron chi connectivity index (χ4n) is 3.72. The molecule has 2 aromatic heterocycles. The van der Waals surface area contributed by atoms with Gasteiger partial charge in [-0.2, -0.15) is 0 Å². The number of aliphatic imine (C=N–C) groups is 1. The number of thiocarbonyl (C=S) groups is 1. The van der Waals surface area contributed by atoms with Gasteiger partial charge in [-0.1, -0.05) is 42.8 Å². The number of halogens is 2. The van der Waals surface area contributed by atoms with Gasteiger partial charge >= 0.3 is 0 Å². The Bertz CT molecular complexity index is 1120. The van der Waals surface area contributed by atoms with E-state index >= 15 is 0 Å². The monoisotopic (exact) mass is 443 g/mol. The van der Waals surface area contributed by atoms with Crippen molar-refractivity contribution in [3.8, 4) is 0 Å². The van der Waals surface area contributed by atoms with Crippen molar-refractivity contribution in [2.24, 2.45) is 4.99 Å². The van der Waals surface area contributed by atoms with Crippen LogP contribution in [0.5, 0.6) is 0 Å². The van der Waals surface area contributed by atoms with Crippen LogP contribution >= 0.6 is 12.2 Å². The van der Waals surface area contributed by atoms with E-state index in [1.165, 1.54) is 0 Å². The SMILES string of the molecule is CCCCc1nc(N2CCC(F)(F)C2)c2nnn(Cc3ccccc3CN=C=S)c2n1. The fraction of sp³-hybridized carbons (Fsp3) is 0.476. The first-order valence-electron chi connectivity index (χ1n) is 10.3. The van der Waals surface area contributed by atoms with Crippen molar-refractivity contribution in [3.63, 3.8) is 0 Å². The zero-order valence-electron chi connectivity index (χ0n) is 17.3. The van der Waals surface area contributed by atoms with E-state index in [2.05, 4.69) is 49.6 Å². The highest BCUT2D eigenvalue weighted by atomic mass is 32.1. The van der Waals surface area contributed by atoms with Crippen molar-refractivity contribution in [1.82, 2.24) is 25.0 Å². The lowest BCUT2D eigenvalue weighted by molar-refractivity contribution is 0.0257. The van der Waals surface area contributed by atoms with Gasteiger partial charge in [-0.15, -0.1) is 5.10 Å². The molecular weight excluding hydrogens is 420 g/mol. The Balaban J connectivity index is 1.74. The summed E-state index contributed by atoms with van der Waals surface area (Å²) in [5, 5.41) is 10.9. The van der Waals surface area contributed by atoms with E-state index in [0.717, 1.165) is 24.0 Å². The van der Waals surface area contributed by atoms with Gasteiger partial charge in [0.2, 0.25) is 0 Å². The lowest BCUT2D eigenvalue weighted by atomic mass is 10.1. The molecule has 3 aromatic rings. The number of hydrogen-bond donors (Lipinski definition) is 0. The number of aryl methyl sites for hydroxylation is 1. The summed E-state index contributed by atoms with van der Waals surface area (Å²) in [6, 6.07) is 7.85. The van der Waals surface area contributed by atoms with Gasteiger partial charge in [0.15, 0.2) is 17.0 Å². The van der Waals surface area contributed by atoms with Crippen molar-refractivity contribution in [3.05, 3.63) is 41.2 Å². The molecule has 0 unspecified atom stereocenters. The number of isothiocyanates is 1. The summed E-state index contributed by atoms with van der Waals surface area (Å²) in [5.41, 5.74) is 3.02. The van der Waals surface area contributed by atoms with Gasteiger partial charge in [-0.25, -0.2) is 28.4 Å². The van der Waals surface area contributed by atoms with Crippen molar-refractivity contribution in [2.45, 2.75) is 51.6 Å². The van der Waals surface area contributed by atoms with E-state index < -0.39 is 5.92 Å². The molecule has 0 aliphatic carbocycles. The van der Waals surface area contributed by atoms with E-state index in [0.29, 0.717) is 42.3 Å². The van der Waals surface area contributed by atoms with E-state index in [9.17, 15) is 8.78 Å². The molecule has 31 heavy (non-hydrogen) atoms. The van der Waals surface area contributed by atoms with Crippen LogP contribution in [0, 0.1) is 0 Å². The highest BCUT2D eigenvalue weighted by Gasteiger charge is 2.40. The summed E-state index contributed by atoms with van der Waals surface area (Å²) in [4.78, 5) is 14.9. The normalized spacial score (nSPS) is 15.4. The molecule has 4 rings (SSSR count). The molecule has 7 nitrogen and oxygen atoms in total. The molecular formula is C21H23F2N7S. The summed E-state index contributed by atoms with van der Waals surface area (Å²) in [6.07, 6.45) is 2.39. The van der Waals surface area contributed by atoms with E-state index in [1.807, 2.05) is 24.3 Å². The van der Waals surface area contributed by atoms with Crippen molar-refractivity contribution >= 4 is 34.4 Å². The number of rotatable bonds is 8. The Kier molecular flexibility index (Phi) is 6.29. The minimum Gasteiger partial charge on any atom is -0.348 e. The van der Waals surface area contributed by atoms with Crippen LogP contribution in [-0.4, -0.2) is 49.1 Å². The minimum atomic E-state index is -2.72. The maximum absolute atomic E-state index is 13.9. The zero-order valence-corrected chi connectivity index (χ0v) is 18.1. The van der Waals surface area contributed by atoms with Gasteiger partial charge in [0.1, 0.15) is 5.82 Å². The smallest absolute Gasteiger partial charge is 0.266 e. The van der Waals surface area contributed by atoms with Gasteiger partial charge in [0, 0.05) is 19.4 Å². The Morgan fingerprint density at radius 3 is 2.74 bits per heavy atom. The molecule has 0 N–H and O–H groups in total. The average molecular weight is 444 g/mol. The van der Waals surface area contributed by atoms with Gasteiger partial charge in [0.05, 0.1) is 24.8 Å². The quantitative estimate of drug-likeness (QED) is 0.386. The molecule has 0 saturated carbocycles. The maximum atomic E-state index is 13.9. The van der Waals surface area contributed by atoms with Crippen LogP contribution in [-0.2, 0) is 19.5 Å². The van der Waals surface area contributed by atoms with Crippen molar-refractivity contribution in [1.29, 1.82) is 0 Å². The minimum absolute atomic E-state index is 0.190. The number of benzene rings is 1. The molecule has 1 saturated heterocycles. The predicted molar refractivity (Wildman–Crippen MR) is 118 cm³/mol. The molecule has 0 bridgehead atoms. The molecule has 0 amide bonds. The largest absolute Gasteiger partial charge is 0.348 e. The molecule has 1 aliphatic heterocycles. The second-order valence-electron chi connectivity index (χ2n) is 7.69. The lowest BCUT2D eigenvalue weighted by Crippen LogP contribution is -2.26. The van der Waals surface area contributed by atoms with Crippen LogP contribution in [0.25, 0.3) is 11.2 Å². The van der Waals surface area contributed by atoms with Gasteiger partial charge in [-0.05, 0) is 29.8 Å². The number of anilines is 1. The molecule has 10 heteroatoms. The van der Waals surface area contributed by atoms with Crippen molar-refractivity contribution in [2.75, 3.05) is 18.0 Å². The number of alkyl halides is 2. The van der Waals surface area contributed by atoms with Crippen LogP contribution in [0.3, 0.4) is 0 Å². The molecule has 1 aromatic carbocycles. The van der Waals surface area contributed by atoms with Crippen LogP contribution in [0.4, 0.5) is 14.6 Å². The van der Waals surface area contributed by atoms with Crippen molar-refractivity contribution < 1.29 is 8.78 Å². The summed E-state index contributed by atoms with van der Waals surface area (Å²) in [5.74, 6) is -1.65. The van der Waals surface area contributed by atoms with Gasteiger partial charge in [-0.3, -0.25) is 0 Å². The Hall–Kier alpha value is -2.84. The van der Waals surface area contributed by atoms with Crippen LogP contribution in [0.15, 0.2) is 29.3 Å². The first-order valence-corrected chi connectivity index (χ1v) is 10.7. The molecule has 0 radical (unpaired) electrons. The highest BCUT2D eigenvalue weighted by Crippen LogP contribution is 2.33. The number of fused-ring (bicyclic) bond motifs is 1. The molecule has 1 fully saturated rings. The van der Waals surface area contributed by atoms with E-state index in [4.69, 9.17) is 0 Å². The summed E-state index contributed by atoms with van der Waals surface area (Å²) in [6.45, 7) is 2.82. The average Bonchev–Trinajstić information content (AvgIpc) is 3.33. The molecule has 1 aliphatic rings. The third kappa shape index (κ3) is 4.75. The summed E-state index contributed by atoms with van der Waals surface area (Å²) >= 11 is 4.69. The highest BCUT2D eigenvalue weighted by molar-refractivity contribution is 7.78. The number of unbranched alkanes of at least 4 members (excludes halogenated alkanes) is 1. The fourth-order valence-corrected chi connectivity index (χ4v) is 3.79. The Morgan fingerprint density at radius 1 is 1.23 bits per heavy atom. The standard InChI is InChI=1S/C21H23F2N7S/c1-2-3-8-17-25-19(29-10-9-21(22,23)13-29)18-20(26-17)30(28-27-18)12-16-7-5-4-6-15(16)11-24-14-31/h4-7H,2-3,8-13H2,1H3. The second kappa shape index (κ2) is 9.11. The molecule has 0 spiro atoms. The Morgan fingerprint density at radius 2 is 2.03 bits per heavy atom. The number of aromatic nitrogens is 5. The van der Waals surface area contributed by atoms with E-state index in [1.54, 1.807) is 9.58 Å². The Labute approximate surface area is 184 Å². The van der Waals surface area contributed by atoms with Gasteiger partial charge < -0.3 is 4.90 Å². The number of hydrogen-bond acceptors (Lipinski definition) is 7. The second-order valence-corrected chi connectivity index (χ2v) is 7.87. The maximum Gasteiger partial charge on any atom is 0.266 e. The zero-order chi connectivity index (χ0) is 21.8. The topological polar surface area (TPSA) is 72.1 Å². The lowest BCUT2D eigenvalue weighted by Gasteiger charge is -2.18. The first kappa shape index (κ1) is 21.4. The first-order chi connectivity index (χ1) is 15.0.